The Kier molecular flexibility index (Phi) is 3.75. The topological polar surface area (TPSA) is 54.1 Å². The van der Waals surface area contributed by atoms with Crippen molar-refractivity contribution >= 4 is 18.1 Å². The van der Waals surface area contributed by atoms with Crippen molar-refractivity contribution in [1.82, 2.24) is 10.3 Å². The number of methoxy groups -OCH3 is 1. The summed E-state index contributed by atoms with van der Waals surface area (Å²) in [5.41, 5.74) is 2.82. The van der Waals surface area contributed by atoms with E-state index in [0.29, 0.717) is 10.2 Å². The molecule has 0 saturated heterocycles. The first-order valence-electron chi connectivity index (χ1n) is 6.85. The van der Waals surface area contributed by atoms with E-state index < -0.39 is 0 Å². The van der Waals surface area contributed by atoms with Crippen molar-refractivity contribution in [2.24, 2.45) is 0 Å². The highest BCUT2D eigenvalue weighted by Crippen LogP contribution is 2.36. The van der Waals surface area contributed by atoms with Crippen LogP contribution in [0.25, 0.3) is 0 Å². The fraction of sp³-hybridized carbons (Fsp3) is 0.250. The van der Waals surface area contributed by atoms with E-state index >= 15 is 0 Å². The lowest BCUT2D eigenvalue weighted by Gasteiger charge is -2.15. The van der Waals surface area contributed by atoms with E-state index in [-0.39, 0.29) is 11.9 Å². The summed E-state index contributed by atoms with van der Waals surface area (Å²) in [5.74, 6) is 0.749. The first-order chi connectivity index (χ1) is 10.2. The highest BCUT2D eigenvalue weighted by atomic mass is 32.1. The molecule has 2 aromatic rings. The number of aromatic nitrogens is 1. The van der Waals surface area contributed by atoms with Gasteiger partial charge in [-0.1, -0.05) is 24.4 Å². The zero-order valence-electron chi connectivity index (χ0n) is 11.7. The number of hydrogen-bond acceptors (Lipinski definition) is 3. The Bertz CT molecular complexity index is 739. The van der Waals surface area contributed by atoms with Crippen LogP contribution in [-0.2, 0) is 6.42 Å². The van der Waals surface area contributed by atoms with Crippen molar-refractivity contribution < 1.29 is 9.53 Å². The second-order valence-electron chi connectivity index (χ2n) is 5.01. The van der Waals surface area contributed by atoms with Gasteiger partial charge in [0.15, 0.2) is 0 Å². The van der Waals surface area contributed by atoms with Crippen molar-refractivity contribution in [2.45, 2.75) is 18.9 Å². The van der Waals surface area contributed by atoms with Gasteiger partial charge in [-0.3, -0.25) is 4.79 Å². The van der Waals surface area contributed by atoms with Gasteiger partial charge in [-0.2, -0.15) is 0 Å². The average Bonchev–Trinajstić information content (AvgIpc) is 2.91. The van der Waals surface area contributed by atoms with E-state index in [1.807, 2.05) is 18.2 Å². The molecule has 1 aromatic carbocycles. The van der Waals surface area contributed by atoms with Crippen LogP contribution < -0.4 is 10.1 Å². The van der Waals surface area contributed by atoms with Crippen LogP contribution in [0.5, 0.6) is 5.75 Å². The third kappa shape index (κ3) is 2.56. The Balaban J connectivity index is 1.85. The number of H-pyrrole nitrogens is 1. The van der Waals surface area contributed by atoms with Crippen molar-refractivity contribution in [2.75, 3.05) is 7.11 Å². The summed E-state index contributed by atoms with van der Waals surface area (Å²) in [6.07, 6.45) is 3.51. The van der Waals surface area contributed by atoms with Crippen molar-refractivity contribution in [3.63, 3.8) is 0 Å². The van der Waals surface area contributed by atoms with Gasteiger partial charge in [0, 0.05) is 6.20 Å². The molecule has 0 fully saturated rings. The van der Waals surface area contributed by atoms with Crippen molar-refractivity contribution in [3.05, 3.63) is 57.9 Å². The molecule has 5 heteroatoms. The Morgan fingerprint density at radius 1 is 1.38 bits per heavy atom. The van der Waals surface area contributed by atoms with E-state index in [0.717, 1.165) is 24.2 Å². The molecule has 1 atom stereocenters. The highest BCUT2D eigenvalue weighted by molar-refractivity contribution is 7.71. The van der Waals surface area contributed by atoms with Crippen LogP contribution in [-0.4, -0.2) is 18.0 Å². The van der Waals surface area contributed by atoms with Gasteiger partial charge in [-0.25, -0.2) is 0 Å². The molecule has 0 spiro atoms. The summed E-state index contributed by atoms with van der Waals surface area (Å²) in [6, 6.07) is 9.47. The lowest BCUT2D eigenvalue weighted by atomic mass is 10.1. The van der Waals surface area contributed by atoms with E-state index in [4.69, 9.17) is 17.0 Å². The number of carbonyl (C=O) groups is 1. The van der Waals surface area contributed by atoms with Gasteiger partial charge in [-0.15, -0.1) is 0 Å². The summed E-state index contributed by atoms with van der Waals surface area (Å²) in [7, 11) is 1.67. The van der Waals surface area contributed by atoms with Crippen LogP contribution in [0.1, 0.15) is 33.9 Å². The van der Waals surface area contributed by atoms with Gasteiger partial charge in [0.05, 0.1) is 18.7 Å². The minimum Gasteiger partial charge on any atom is -0.496 e. The molecule has 0 radical (unpaired) electrons. The normalized spacial score (nSPS) is 16.3. The largest absolute Gasteiger partial charge is 0.496 e. The molecule has 0 bridgehead atoms. The Morgan fingerprint density at radius 2 is 2.24 bits per heavy atom. The molecular weight excluding hydrogens is 284 g/mol. The molecule has 1 aliphatic carbocycles. The lowest BCUT2D eigenvalue weighted by Crippen LogP contribution is -2.27. The van der Waals surface area contributed by atoms with Crippen LogP contribution in [0.15, 0.2) is 36.5 Å². The third-order valence-corrected chi connectivity index (χ3v) is 4.15. The zero-order chi connectivity index (χ0) is 14.8. The first kappa shape index (κ1) is 13.8. The number of benzene rings is 1. The Labute approximate surface area is 128 Å². The average molecular weight is 300 g/mol. The molecule has 1 amide bonds. The quantitative estimate of drug-likeness (QED) is 0.856. The molecule has 1 aromatic heterocycles. The van der Waals surface area contributed by atoms with Gasteiger partial charge in [0.25, 0.3) is 5.91 Å². The second-order valence-corrected chi connectivity index (χ2v) is 5.41. The molecule has 0 aliphatic heterocycles. The molecule has 1 aliphatic rings. The van der Waals surface area contributed by atoms with Crippen LogP contribution >= 0.6 is 12.2 Å². The van der Waals surface area contributed by atoms with E-state index in [1.54, 1.807) is 25.4 Å². The van der Waals surface area contributed by atoms with Crippen LogP contribution in [0, 0.1) is 4.64 Å². The van der Waals surface area contributed by atoms with Gasteiger partial charge in [0.2, 0.25) is 0 Å². The molecule has 1 heterocycles. The number of carbonyl (C=O) groups excluding carboxylic acids is 1. The smallest absolute Gasteiger partial charge is 0.254 e. The third-order valence-electron chi connectivity index (χ3n) is 3.82. The molecule has 3 rings (SSSR count). The SMILES string of the molecule is COc1cccc2c1CCC2NC(=O)c1ccc[nH]c1=S. The first-order valence-corrected chi connectivity index (χ1v) is 7.26. The predicted molar refractivity (Wildman–Crippen MR) is 83.1 cm³/mol. The molecule has 4 nitrogen and oxygen atoms in total. The van der Waals surface area contributed by atoms with E-state index in [9.17, 15) is 4.79 Å². The summed E-state index contributed by atoms with van der Waals surface area (Å²) in [6.45, 7) is 0. The molecular formula is C16H16N2O2S. The van der Waals surface area contributed by atoms with E-state index in [2.05, 4.69) is 10.3 Å². The zero-order valence-corrected chi connectivity index (χ0v) is 12.5. The van der Waals surface area contributed by atoms with Crippen LogP contribution in [0.4, 0.5) is 0 Å². The lowest BCUT2D eigenvalue weighted by molar-refractivity contribution is 0.0936. The molecule has 0 saturated carbocycles. The Hall–Kier alpha value is -2.14. The van der Waals surface area contributed by atoms with Crippen LogP contribution in [0.2, 0.25) is 0 Å². The molecule has 108 valence electrons. The number of nitrogens with one attached hydrogen (secondary N) is 2. The minimum atomic E-state index is -0.141. The van der Waals surface area contributed by atoms with Gasteiger partial charge in [0.1, 0.15) is 10.4 Å². The van der Waals surface area contributed by atoms with Gasteiger partial charge in [-0.05, 0) is 42.2 Å². The number of fused-ring (bicyclic) bond motifs is 1. The predicted octanol–water partition coefficient (Wildman–Crippen LogP) is 3.17. The number of hydrogen-bond donors (Lipinski definition) is 2. The van der Waals surface area contributed by atoms with Gasteiger partial charge < -0.3 is 15.0 Å². The number of ether oxygens (including phenoxy) is 1. The number of aromatic amines is 1. The van der Waals surface area contributed by atoms with Crippen LogP contribution in [0.3, 0.4) is 0 Å². The van der Waals surface area contributed by atoms with E-state index in [1.165, 1.54) is 5.56 Å². The van der Waals surface area contributed by atoms with Crippen molar-refractivity contribution in [3.8, 4) is 5.75 Å². The number of pyridine rings is 1. The maximum absolute atomic E-state index is 12.4. The fourth-order valence-corrected chi connectivity index (χ4v) is 3.03. The Morgan fingerprint density at radius 3 is 3.00 bits per heavy atom. The second kappa shape index (κ2) is 5.69. The monoisotopic (exact) mass is 300 g/mol. The van der Waals surface area contributed by atoms with Crippen molar-refractivity contribution in [1.29, 1.82) is 0 Å². The highest BCUT2D eigenvalue weighted by Gasteiger charge is 2.26. The maximum Gasteiger partial charge on any atom is 0.254 e. The summed E-state index contributed by atoms with van der Waals surface area (Å²) < 4.78 is 5.84. The summed E-state index contributed by atoms with van der Waals surface area (Å²) in [5, 5.41) is 3.06. The standard InChI is InChI=1S/C16H16N2O2S/c1-20-14-6-2-4-10-11(14)7-8-13(10)18-15(19)12-5-3-9-17-16(12)21/h2-6,9,13H,7-8H2,1H3,(H,17,21)(H,18,19). The molecule has 21 heavy (non-hydrogen) atoms. The minimum absolute atomic E-state index is 0.0113. The number of rotatable bonds is 3. The summed E-state index contributed by atoms with van der Waals surface area (Å²) >= 11 is 5.15. The van der Waals surface area contributed by atoms with Gasteiger partial charge >= 0.3 is 0 Å². The molecule has 2 N–H and O–H groups in total. The number of amides is 1. The molecule has 1 unspecified atom stereocenters. The fourth-order valence-electron chi connectivity index (χ4n) is 2.80. The maximum atomic E-state index is 12.4. The summed E-state index contributed by atoms with van der Waals surface area (Å²) in [4.78, 5) is 15.2.